The molecule has 1 amide bonds. The number of hydrogen-bond acceptors (Lipinski definition) is 6. The quantitative estimate of drug-likeness (QED) is 0.556. The summed E-state index contributed by atoms with van der Waals surface area (Å²) in [5.74, 6) is -5.16. The van der Waals surface area contributed by atoms with Crippen LogP contribution in [-0.4, -0.2) is 40.0 Å². The Bertz CT molecular complexity index is 1070. The van der Waals surface area contributed by atoms with Crippen LogP contribution in [0.5, 0.6) is 5.88 Å². The van der Waals surface area contributed by atoms with Gasteiger partial charge >= 0.3 is 12.3 Å². The molecule has 0 atom stereocenters. The van der Waals surface area contributed by atoms with Crippen LogP contribution in [0.2, 0.25) is 0 Å². The number of aryl methyl sites for hydroxylation is 1. The van der Waals surface area contributed by atoms with Crippen LogP contribution >= 0.6 is 0 Å². The van der Waals surface area contributed by atoms with Gasteiger partial charge in [-0.2, -0.15) is 8.78 Å². The van der Waals surface area contributed by atoms with Gasteiger partial charge in [-0.1, -0.05) is 19.0 Å². The van der Waals surface area contributed by atoms with E-state index in [-0.39, 0.29) is 28.8 Å². The lowest BCUT2D eigenvalue weighted by atomic mass is 10.0. The third kappa shape index (κ3) is 4.50. The smallest absolute Gasteiger partial charge is 0.340 e. The summed E-state index contributed by atoms with van der Waals surface area (Å²) in [5.41, 5.74) is 1.76. The first-order valence-electron chi connectivity index (χ1n) is 8.91. The fraction of sp³-hybridized carbons (Fsp3) is 0.368. The molecule has 1 N–H and O–H groups in total. The summed E-state index contributed by atoms with van der Waals surface area (Å²) in [4.78, 5) is 20.9. The van der Waals surface area contributed by atoms with E-state index in [4.69, 9.17) is 4.52 Å². The lowest BCUT2D eigenvalue weighted by Gasteiger charge is -2.15. The minimum atomic E-state index is -4.32. The molecule has 3 aromatic heterocycles. The second-order valence-corrected chi connectivity index (χ2v) is 6.88. The van der Waals surface area contributed by atoms with E-state index < -0.39 is 24.9 Å². The van der Waals surface area contributed by atoms with Crippen LogP contribution in [-0.2, 0) is 0 Å². The number of anilines is 1. The molecule has 11 heteroatoms. The van der Waals surface area contributed by atoms with Gasteiger partial charge in [-0.25, -0.2) is 18.7 Å². The highest BCUT2D eigenvalue weighted by Gasteiger charge is 2.41. The maximum absolute atomic E-state index is 13.0. The van der Waals surface area contributed by atoms with Crippen LogP contribution in [0.15, 0.2) is 28.9 Å². The zero-order chi connectivity index (χ0) is 22.1. The lowest BCUT2D eigenvalue weighted by Crippen LogP contribution is -2.33. The normalized spacial score (nSPS) is 12.0. The Morgan fingerprint density at radius 3 is 2.70 bits per heavy atom. The van der Waals surface area contributed by atoms with Crippen molar-refractivity contribution < 1.29 is 31.6 Å². The molecule has 3 heterocycles. The largest absolute Gasteiger partial charge is 0.471 e. The third-order valence-corrected chi connectivity index (χ3v) is 4.20. The van der Waals surface area contributed by atoms with Gasteiger partial charge in [0.05, 0.1) is 16.6 Å². The van der Waals surface area contributed by atoms with E-state index in [1.165, 1.54) is 12.3 Å². The number of ether oxygens (including phenoxy) is 1. The van der Waals surface area contributed by atoms with E-state index in [0.29, 0.717) is 16.8 Å². The van der Waals surface area contributed by atoms with Gasteiger partial charge in [0.2, 0.25) is 5.88 Å². The Morgan fingerprint density at radius 1 is 1.30 bits per heavy atom. The number of carbonyl (C=O) groups is 1. The second-order valence-electron chi connectivity index (χ2n) is 6.88. The van der Waals surface area contributed by atoms with E-state index in [2.05, 4.69) is 25.2 Å². The molecule has 0 aliphatic rings. The van der Waals surface area contributed by atoms with Crippen LogP contribution < -0.4 is 10.1 Å². The molecular weight excluding hydrogens is 408 g/mol. The monoisotopic (exact) mass is 426 g/mol. The average Bonchev–Trinajstić information content (AvgIpc) is 3.07. The number of aromatic nitrogens is 3. The molecule has 3 rings (SSSR count). The average molecular weight is 426 g/mol. The molecule has 160 valence electrons. The highest BCUT2D eigenvalue weighted by atomic mass is 19.3. The maximum atomic E-state index is 13.0. The Balaban J connectivity index is 1.84. The third-order valence-electron chi connectivity index (χ3n) is 4.20. The lowest BCUT2D eigenvalue weighted by molar-refractivity contribution is -0.148. The SMILES string of the molecule is Cc1noc2nc(C(C)C)cc(C(=O)Nc3ccnc(OCC(F)(F)C(F)F)c3)c12. The van der Waals surface area contributed by atoms with Crippen LogP contribution in [0.1, 0.15) is 41.5 Å². The summed E-state index contributed by atoms with van der Waals surface area (Å²) in [7, 11) is 0. The topological polar surface area (TPSA) is 90.1 Å². The molecule has 7 nitrogen and oxygen atoms in total. The van der Waals surface area contributed by atoms with Gasteiger partial charge in [0.25, 0.3) is 11.6 Å². The molecule has 0 aliphatic carbocycles. The van der Waals surface area contributed by atoms with Gasteiger partial charge in [0.15, 0.2) is 6.61 Å². The number of carbonyl (C=O) groups excluding carboxylic acids is 1. The number of rotatable bonds is 7. The molecular formula is C19H18F4N4O3. The number of alkyl halides is 4. The first-order valence-corrected chi connectivity index (χ1v) is 8.91. The van der Waals surface area contributed by atoms with E-state index in [1.807, 2.05) is 13.8 Å². The van der Waals surface area contributed by atoms with Gasteiger partial charge < -0.3 is 14.6 Å². The molecule has 0 radical (unpaired) electrons. The molecule has 0 aromatic carbocycles. The van der Waals surface area contributed by atoms with Crippen molar-refractivity contribution in [2.24, 2.45) is 0 Å². The number of nitrogens with zero attached hydrogens (tertiary/aromatic N) is 3. The fourth-order valence-corrected chi connectivity index (χ4v) is 2.59. The number of nitrogens with one attached hydrogen (secondary N) is 1. The van der Waals surface area contributed by atoms with Crippen LogP contribution in [0.3, 0.4) is 0 Å². The Morgan fingerprint density at radius 2 is 2.03 bits per heavy atom. The number of pyridine rings is 2. The standard InChI is InChI=1S/C19H18F4N4O3/c1-9(2)13-7-12(15-10(3)27-30-17(15)26-13)16(28)25-11-4-5-24-14(6-11)29-8-19(22,23)18(20)21/h4-7,9,18H,8H2,1-3H3,(H,24,25,28). The zero-order valence-corrected chi connectivity index (χ0v) is 16.2. The van der Waals surface area contributed by atoms with Gasteiger partial charge in [-0.15, -0.1) is 0 Å². The Labute approximate surface area is 168 Å². The Hall–Kier alpha value is -3.24. The predicted octanol–water partition coefficient (Wildman–Crippen LogP) is 4.58. The number of halogens is 4. The molecule has 30 heavy (non-hydrogen) atoms. The van der Waals surface area contributed by atoms with Crippen molar-refractivity contribution in [3.8, 4) is 5.88 Å². The number of fused-ring (bicyclic) bond motifs is 1. The van der Waals surface area contributed by atoms with Crippen molar-refractivity contribution in [1.82, 2.24) is 15.1 Å². The second kappa shape index (κ2) is 8.25. The van der Waals surface area contributed by atoms with E-state index in [9.17, 15) is 22.4 Å². The van der Waals surface area contributed by atoms with Gasteiger partial charge in [-0.3, -0.25) is 4.79 Å². The van der Waals surface area contributed by atoms with Crippen molar-refractivity contribution in [3.05, 3.63) is 41.3 Å². The highest BCUT2D eigenvalue weighted by molar-refractivity contribution is 6.12. The van der Waals surface area contributed by atoms with Crippen molar-refractivity contribution in [2.75, 3.05) is 11.9 Å². The van der Waals surface area contributed by atoms with Crippen molar-refractivity contribution in [1.29, 1.82) is 0 Å². The zero-order valence-electron chi connectivity index (χ0n) is 16.2. The molecule has 0 saturated heterocycles. The van der Waals surface area contributed by atoms with Crippen LogP contribution in [0, 0.1) is 6.92 Å². The first kappa shape index (κ1) is 21.5. The van der Waals surface area contributed by atoms with Crippen molar-refractivity contribution in [3.63, 3.8) is 0 Å². The summed E-state index contributed by atoms with van der Waals surface area (Å²) < 4.78 is 60.4. The van der Waals surface area contributed by atoms with Gasteiger partial charge in [-0.05, 0) is 25.0 Å². The van der Waals surface area contributed by atoms with Crippen molar-refractivity contribution in [2.45, 2.75) is 39.0 Å². The summed E-state index contributed by atoms with van der Waals surface area (Å²) in [5, 5.41) is 6.89. The van der Waals surface area contributed by atoms with E-state index >= 15 is 0 Å². The predicted molar refractivity (Wildman–Crippen MR) is 99.3 cm³/mol. The van der Waals surface area contributed by atoms with E-state index in [0.717, 1.165) is 6.07 Å². The molecule has 3 aromatic rings. The van der Waals surface area contributed by atoms with Crippen LogP contribution in [0.25, 0.3) is 11.1 Å². The fourth-order valence-electron chi connectivity index (χ4n) is 2.59. The van der Waals surface area contributed by atoms with Crippen LogP contribution in [0.4, 0.5) is 23.2 Å². The summed E-state index contributed by atoms with van der Waals surface area (Å²) in [6, 6.07) is 4.17. The highest BCUT2D eigenvalue weighted by Crippen LogP contribution is 2.27. The summed E-state index contributed by atoms with van der Waals surface area (Å²) in [6.07, 6.45) is -2.67. The molecule has 0 fully saturated rings. The number of amides is 1. The molecule has 0 bridgehead atoms. The molecule has 0 spiro atoms. The van der Waals surface area contributed by atoms with E-state index in [1.54, 1.807) is 13.0 Å². The minimum Gasteiger partial charge on any atom is -0.471 e. The van der Waals surface area contributed by atoms with Gasteiger partial charge in [0.1, 0.15) is 0 Å². The van der Waals surface area contributed by atoms with Crippen molar-refractivity contribution >= 4 is 22.7 Å². The molecule has 0 aliphatic heterocycles. The minimum absolute atomic E-state index is 0.0174. The molecule has 0 unspecified atom stereocenters. The maximum Gasteiger partial charge on any atom is 0.340 e. The Kier molecular flexibility index (Phi) is 5.90. The first-order chi connectivity index (χ1) is 14.1. The summed E-state index contributed by atoms with van der Waals surface area (Å²) >= 11 is 0. The summed E-state index contributed by atoms with van der Waals surface area (Å²) in [6.45, 7) is 3.93. The number of hydrogen-bond donors (Lipinski definition) is 1. The van der Waals surface area contributed by atoms with Gasteiger partial charge in [0, 0.05) is 23.6 Å². The molecule has 0 saturated carbocycles.